The summed E-state index contributed by atoms with van der Waals surface area (Å²) in [6.07, 6.45) is 0. The minimum atomic E-state index is -1.75. The van der Waals surface area contributed by atoms with Crippen molar-refractivity contribution in [3.05, 3.63) is 15.3 Å². The van der Waals surface area contributed by atoms with Crippen molar-refractivity contribution in [1.82, 2.24) is 0 Å². The first-order valence-electron chi connectivity index (χ1n) is 0.548. The van der Waals surface area contributed by atoms with E-state index in [1.165, 1.54) is 0 Å². The largest absolute Gasteiger partial charge is 3.00 e. The Labute approximate surface area is 94.2 Å². The molecule has 14 N–H and O–H groups in total. The van der Waals surface area contributed by atoms with Gasteiger partial charge in [0.15, 0.2) is 0 Å². The average molecular weight is 327 g/mol. The Morgan fingerprint density at radius 3 is 0.667 bits per heavy atom. The predicted molar refractivity (Wildman–Crippen MR) is 35.7 cm³/mol. The van der Waals surface area contributed by atoms with Gasteiger partial charge in [0, 0.05) is 0 Å². The summed E-state index contributed by atoms with van der Waals surface area (Å²) >= 11 is 0. The molecule has 0 atom stereocenters. The van der Waals surface area contributed by atoms with Gasteiger partial charge in [-0.25, -0.2) is 0 Å². The van der Waals surface area contributed by atoms with Crippen molar-refractivity contribution in [3.8, 4) is 0 Å². The monoisotopic (exact) mass is 327 g/mol. The molecule has 0 aliphatic rings. The van der Waals surface area contributed by atoms with E-state index < -0.39 is 5.09 Å². The molecular formula is H14LaNO10+2. The quantitative estimate of drug-likeness (QED) is 0.310. The molecule has 0 aliphatic heterocycles. The van der Waals surface area contributed by atoms with Gasteiger partial charge in [0.1, 0.15) is 0 Å². The van der Waals surface area contributed by atoms with E-state index in [-0.39, 0.29) is 73.9 Å². The van der Waals surface area contributed by atoms with Crippen LogP contribution in [0.3, 0.4) is 0 Å². The van der Waals surface area contributed by atoms with Crippen LogP contribution in [-0.2, 0) is 0 Å². The Morgan fingerprint density at radius 1 is 0.667 bits per heavy atom. The molecule has 0 aromatic rings. The second-order valence-corrected chi connectivity index (χ2v) is 0.224. The Hall–Kier alpha value is 0.115. The number of rotatable bonds is 0. The Bertz CT molecular complexity index is 32.8. The summed E-state index contributed by atoms with van der Waals surface area (Å²) in [5.74, 6) is 0. The topological polar surface area (TPSA) is 287 Å². The third-order valence-corrected chi connectivity index (χ3v) is 0. The van der Waals surface area contributed by atoms with E-state index in [0.717, 1.165) is 0 Å². The van der Waals surface area contributed by atoms with E-state index in [1.807, 2.05) is 0 Å². The van der Waals surface area contributed by atoms with E-state index in [9.17, 15) is 0 Å². The minimum Gasteiger partial charge on any atom is -0.412 e. The fraction of sp³-hybridized carbons (Fsp3) is 0. The molecule has 0 radical (unpaired) electrons. The fourth-order valence-electron chi connectivity index (χ4n) is 0. The van der Waals surface area contributed by atoms with Gasteiger partial charge in [0.25, 0.3) is 0 Å². The van der Waals surface area contributed by atoms with Gasteiger partial charge in [-0.05, 0) is 0 Å². The molecule has 0 bridgehead atoms. The smallest absolute Gasteiger partial charge is 0.412 e. The molecule has 0 heterocycles. The van der Waals surface area contributed by atoms with Gasteiger partial charge in [0.05, 0.1) is 5.09 Å². The van der Waals surface area contributed by atoms with Crippen LogP contribution in [0.15, 0.2) is 0 Å². The van der Waals surface area contributed by atoms with E-state index in [0.29, 0.717) is 0 Å². The third-order valence-electron chi connectivity index (χ3n) is 0. The number of hydrogen-bond acceptors (Lipinski definition) is 3. The molecule has 11 nitrogen and oxygen atoms in total. The van der Waals surface area contributed by atoms with Gasteiger partial charge < -0.3 is 53.7 Å². The Balaban J connectivity index is -0.00000000161. The van der Waals surface area contributed by atoms with Crippen LogP contribution >= 0.6 is 0 Å². The molecule has 0 fully saturated rings. The van der Waals surface area contributed by atoms with Crippen molar-refractivity contribution in [2.45, 2.75) is 0 Å². The maximum atomic E-state index is 8.25. The van der Waals surface area contributed by atoms with Crippen LogP contribution in [0, 0.1) is 50.9 Å². The molecule has 0 unspecified atom stereocenters. The Morgan fingerprint density at radius 2 is 0.667 bits per heavy atom. The molecule has 0 saturated carbocycles. The van der Waals surface area contributed by atoms with Crippen molar-refractivity contribution in [3.63, 3.8) is 0 Å². The summed E-state index contributed by atoms with van der Waals surface area (Å²) in [5.41, 5.74) is 0. The molecule has 80 valence electrons. The molecule has 0 amide bonds. The molecule has 0 aliphatic carbocycles. The summed E-state index contributed by atoms with van der Waals surface area (Å²) < 4.78 is 0. The van der Waals surface area contributed by atoms with E-state index in [1.54, 1.807) is 0 Å². The van der Waals surface area contributed by atoms with Crippen LogP contribution in [0.4, 0.5) is 0 Å². The van der Waals surface area contributed by atoms with E-state index in [2.05, 4.69) is 0 Å². The predicted octanol–water partition coefficient (Wildman–Crippen LogP) is -6.01. The Kier molecular flexibility index (Phi) is 1510. The zero-order valence-electron chi connectivity index (χ0n) is 5.75. The standard InChI is InChI=1S/La.NO3.7H2O/c;2-1(3)4;;;;;;;/h;;7*1H2/q+3;-1;;;;;;;. The average Bonchev–Trinajstić information content (AvgIpc) is 0.811. The van der Waals surface area contributed by atoms with E-state index in [4.69, 9.17) is 15.3 Å². The molecule has 0 aromatic carbocycles. The molecular weight excluding hydrogens is 313 g/mol. The third kappa shape index (κ3) is 63800. The zero-order valence-corrected chi connectivity index (χ0v) is 9.38. The van der Waals surface area contributed by atoms with Gasteiger partial charge in [-0.15, -0.1) is 0 Å². The van der Waals surface area contributed by atoms with Crippen LogP contribution in [-0.4, -0.2) is 43.4 Å². The van der Waals surface area contributed by atoms with Crippen LogP contribution in [0.1, 0.15) is 0 Å². The summed E-state index contributed by atoms with van der Waals surface area (Å²) in [5, 5.41) is 14.8. The number of nitrogens with zero attached hydrogens (tertiary/aromatic N) is 1. The van der Waals surface area contributed by atoms with Crippen molar-refractivity contribution in [2.75, 3.05) is 0 Å². The van der Waals surface area contributed by atoms with Gasteiger partial charge in [-0.3, -0.25) is 0 Å². The molecule has 0 rings (SSSR count). The fourth-order valence-corrected chi connectivity index (χ4v) is 0. The first-order chi connectivity index (χ1) is 1.73. The molecule has 0 saturated heterocycles. The van der Waals surface area contributed by atoms with E-state index >= 15 is 0 Å². The first-order valence-corrected chi connectivity index (χ1v) is 0.548. The zero-order chi connectivity index (χ0) is 3.58. The second kappa shape index (κ2) is 117. The van der Waals surface area contributed by atoms with Gasteiger partial charge in [0.2, 0.25) is 0 Å². The van der Waals surface area contributed by atoms with Gasteiger partial charge >= 0.3 is 35.6 Å². The van der Waals surface area contributed by atoms with Crippen molar-refractivity contribution in [1.29, 1.82) is 0 Å². The van der Waals surface area contributed by atoms with Crippen LogP contribution in [0.5, 0.6) is 0 Å². The molecule has 0 aromatic heterocycles. The second-order valence-electron chi connectivity index (χ2n) is 0.224. The summed E-state index contributed by atoms with van der Waals surface area (Å²) in [6.45, 7) is 0. The summed E-state index contributed by atoms with van der Waals surface area (Å²) in [7, 11) is 0. The maximum absolute atomic E-state index is 8.25. The summed E-state index contributed by atoms with van der Waals surface area (Å²) in [6, 6.07) is 0. The van der Waals surface area contributed by atoms with Crippen molar-refractivity contribution < 1.29 is 79.0 Å². The van der Waals surface area contributed by atoms with Crippen molar-refractivity contribution in [2.24, 2.45) is 0 Å². The maximum Gasteiger partial charge on any atom is 3.00 e. The summed E-state index contributed by atoms with van der Waals surface area (Å²) in [4.78, 5) is 8.25. The minimum absolute atomic E-state index is 0. The van der Waals surface area contributed by atoms with Gasteiger partial charge in [-0.2, -0.15) is 0 Å². The van der Waals surface area contributed by atoms with Crippen LogP contribution in [0.25, 0.3) is 0 Å². The van der Waals surface area contributed by atoms with Crippen molar-refractivity contribution >= 4 is 0 Å². The van der Waals surface area contributed by atoms with Crippen LogP contribution < -0.4 is 0 Å². The molecule has 12 heteroatoms. The first kappa shape index (κ1) is 154. The van der Waals surface area contributed by atoms with Crippen LogP contribution in [0.2, 0.25) is 0 Å². The normalized spacial score (nSPS) is 2.00. The number of hydrogen-bond donors (Lipinski definition) is 0. The molecule has 12 heavy (non-hydrogen) atoms. The molecule has 0 spiro atoms. The SMILES string of the molecule is O.O.O.O.O.O.O.O=[N+]([O-])[O-].[La+3]. The van der Waals surface area contributed by atoms with Gasteiger partial charge in [-0.1, -0.05) is 0 Å².